The number of aliphatic hydroxyl groups is 1. The van der Waals surface area contributed by atoms with Crippen molar-refractivity contribution in [3.05, 3.63) is 0 Å². The Morgan fingerprint density at radius 1 is 1.59 bits per heavy atom. The second-order valence-electron chi connectivity index (χ2n) is 5.14. The van der Waals surface area contributed by atoms with Crippen molar-refractivity contribution in [1.82, 2.24) is 10.2 Å². The Kier molecular flexibility index (Phi) is 4.01. The monoisotopic (exact) mass is 242 g/mol. The number of hydrogen-bond donors (Lipinski definition) is 2. The van der Waals surface area contributed by atoms with Gasteiger partial charge in [-0.15, -0.1) is 0 Å². The minimum atomic E-state index is -0.164. The summed E-state index contributed by atoms with van der Waals surface area (Å²) in [6.45, 7) is 5.19. The minimum absolute atomic E-state index is 0.0141. The molecule has 0 radical (unpaired) electrons. The van der Waals surface area contributed by atoms with Gasteiger partial charge < -0.3 is 15.2 Å². The number of ether oxygens (including phenoxy) is 1. The molecule has 1 saturated carbocycles. The van der Waals surface area contributed by atoms with E-state index in [4.69, 9.17) is 9.84 Å². The van der Waals surface area contributed by atoms with Gasteiger partial charge in [0, 0.05) is 18.6 Å². The molecule has 0 aromatic carbocycles. The summed E-state index contributed by atoms with van der Waals surface area (Å²) in [6.07, 6.45) is 2.05. The molecule has 3 unspecified atom stereocenters. The van der Waals surface area contributed by atoms with Gasteiger partial charge in [0.25, 0.3) is 0 Å². The molecule has 1 heterocycles. The normalized spacial score (nSPS) is 32.2. The highest BCUT2D eigenvalue weighted by Crippen LogP contribution is 2.20. The zero-order valence-electron chi connectivity index (χ0n) is 10.6. The minimum Gasteiger partial charge on any atom is -0.394 e. The van der Waals surface area contributed by atoms with Gasteiger partial charge in [-0.2, -0.15) is 0 Å². The molecule has 0 aromatic rings. The van der Waals surface area contributed by atoms with E-state index in [2.05, 4.69) is 17.1 Å². The summed E-state index contributed by atoms with van der Waals surface area (Å²) in [6, 6.07) is 0.469. The van der Waals surface area contributed by atoms with Gasteiger partial charge in [-0.3, -0.25) is 9.69 Å². The Labute approximate surface area is 102 Å². The number of morpholine rings is 1. The number of amides is 1. The highest BCUT2D eigenvalue weighted by Gasteiger charge is 2.34. The lowest BCUT2D eigenvalue weighted by atomic mass is 10.1. The van der Waals surface area contributed by atoms with Crippen molar-refractivity contribution in [3.63, 3.8) is 0 Å². The second-order valence-corrected chi connectivity index (χ2v) is 5.14. The fraction of sp³-hybridized carbons (Fsp3) is 0.917. The molecule has 2 aliphatic rings. The number of nitrogens with one attached hydrogen (secondary N) is 1. The van der Waals surface area contributed by atoms with Crippen LogP contribution in [0.5, 0.6) is 0 Å². The molecule has 0 bridgehead atoms. The van der Waals surface area contributed by atoms with Crippen LogP contribution in [-0.4, -0.2) is 59.9 Å². The summed E-state index contributed by atoms with van der Waals surface area (Å²) >= 11 is 0. The fourth-order valence-corrected chi connectivity index (χ4v) is 2.19. The van der Waals surface area contributed by atoms with E-state index in [0.29, 0.717) is 19.2 Å². The first kappa shape index (κ1) is 12.8. The summed E-state index contributed by atoms with van der Waals surface area (Å²) in [5, 5.41) is 12.1. The van der Waals surface area contributed by atoms with Gasteiger partial charge in [-0.05, 0) is 26.7 Å². The topological polar surface area (TPSA) is 61.8 Å². The lowest BCUT2D eigenvalue weighted by molar-refractivity contribution is -0.134. The molecule has 1 aliphatic carbocycles. The molecule has 1 saturated heterocycles. The molecule has 17 heavy (non-hydrogen) atoms. The van der Waals surface area contributed by atoms with E-state index in [0.717, 1.165) is 12.8 Å². The van der Waals surface area contributed by atoms with Gasteiger partial charge in [-0.1, -0.05) is 0 Å². The maximum absolute atomic E-state index is 12.0. The summed E-state index contributed by atoms with van der Waals surface area (Å²) in [4.78, 5) is 14.1. The first-order chi connectivity index (χ1) is 8.11. The largest absolute Gasteiger partial charge is 0.394 e. The van der Waals surface area contributed by atoms with Crippen molar-refractivity contribution in [1.29, 1.82) is 0 Å². The number of carbonyl (C=O) groups excluding carboxylic acids is 1. The van der Waals surface area contributed by atoms with Gasteiger partial charge in [0.05, 0.1) is 25.4 Å². The Morgan fingerprint density at radius 3 is 2.88 bits per heavy atom. The smallest absolute Gasteiger partial charge is 0.237 e. The zero-order valence-corrected chi connectivity index (χ0v) is 10.6. The van der Waals surface area contributed by atoms with Crippen LogP contribution in [0.1, 0.15) is 26.7 Å². The lowest BCUT2D eigenvalue weighted by Crippen LogP contribution is -2.57. The van der Waals surface area contributed by atoms with E-state index in [9.17, 15) is 4.79 Å². The Balaban J connectivity index is 1.90. The van der Waals surface area contributed by atoms with Crippen LogP contribution in [0.3, 0.4) is 0 Å². The van der Waals surface area contributed by atoms with E-state index >= 15 is 0 Å². The van der Waals surface area contributed by atoms with Crippen molar-refractivity contribution >= 4 is 5.91 Å². The number of nitrogens with zero attached hydrogens (tertiary/aromatic N) is 1. The molecule has 98 valence electrons. The van der Waals surface area contributed by atoms with Crippen LogP contribution in [0.25, 0.3) is 0 Å². The number of hydrogen-bond acceptors (Lipinski definition) is 4. The SMILES string of the molecule is CC1COC(CO)CN1C(C)C(=O)NC1CC1. The van der Waals surface area contributed by atoms with Gasteiger partial charge >= 0.3 is 0 Å². The second kappa shape index (κ2) is 5.33. The van der Waals surface area contributed by atoms with Gasteiger partial charge in [0.1, 0.15) is 0 Å². The lowest BCUT2D eigenvalue weighted by Gasteiger charge is -2.40. The van der Waals surface area contributed by atoms with Crippen LogP contribution in [0, 0.1) is 0 Å². The van der Waals surface area contributed by atoms with Crippen molar-refractivity contribution in [2.24, 2.45) is 0 Å². The molecule has 1 amide bonds. The van der Waals surface area contributed by atoms with Crippen LogP contribution in [0.2, 0.25) is 0 Å². The maximum atomic E-state index is 12.0. The molecular formula is C12H22N2O3. The molecule has 0 aromatic heterocycles. The quantitative estimate of drug-likeness (QED) is 0.713. The third-order valence-corrected chi connectivity index (χ3v) is 3.56. The summed E-state index contributed by atoms with van der Waals surface area (Å²) < 4.78 is 5.47. The molecule has 1 aliphatic heterocycles. The molecule has 2 N–H and O–H groups in total. The summed E-state index contributed by atoms with van der Waals surface area (Å²) in [7, 11) is 0. The van der Waals surface area contributed by atoms with Crippen molar-refractivity contribution < 1.29 is 14.6 Å². The average Bonchev–Trinajstić information content (AvgIpc) is 3.12. The van der Waals surface area contributed by atoms with E-state index < -0.39 is 0 Å². The number of rotatable bonds is 4. The highest BCUT2D eigenvalue weighted by molar-refractivity contribution is 5.81. The fourth-order valence-electron chi connectivity index (χ4n) is 2.19. The highest BCUT2D eigenvalue weighted by atomic mass is 16.5. The predicted molar refractivity (Wildman–Crippen MR) is 63.6 cm³/mol. The van der Waals surface area contributed by atoms with Crippen LogP contribution < -0.4 is 5.32 Å². The summed E-state index contributed by atoms with van der Waals surface area (Å²) in [5.41, 5.74) is 0. The number of carbonyl (C=O) groups is 1. The third-order valence-electron chi connectivity index (χ3n) is 3.56. The Bertz CT molecular complexity index is 281. The van der Waals surface area contributed by atoms with Crippen LogP contribution in [0.15, 0.2) is 0 Å². The van der Waals surface area contributed by atoms with Crippen LogP contribution in [-0.2, 0) is 9.53 Å². The molecular weight excluding hydrogens is 220 g/mol. The Morgan fingerprint density at radius 2 is 2.29 bits per heavy atom. The van der Waals surface area contributed by atoms with Gasteiger partial charge in [0.2, 0.25) is 5.91 Å². The predicted octanol–water partition coefficient (Wildman–Crippen LogP) is -0.265. The molecule has 2 rings (SSSR count). The average molecular weight is 242 g/mol. The molecule has 5 nitrogen and oxygen atoms in total. The van der Waals surface area contributed by atoms with Crippen LogP contribution in [0.4, 0.5) is 0 Å². The molecule has 5 heteroatoms. The van der Waals surface area contributed by atoms with Crippen molar-refractivity contribution in [3.8, 4) is 0 Å². The molecule has 0 spiro atoms. The van der Waals surface area contributed by atoms with E-state index in [1.807, 2.05) is 6.92 Å². The Hall–Kier alpha value is -0.650. The van der Waals surface area contributed by atoms with E-state index in [1.165, 1.54) is 0 Å². The first-order valence-corrected chi connectivity index (χ1v) is 6.40. The van der Waals surface area contributed by atoms with Crippen molar-refractivity contribution in [2.75, 3.05) is 19.8 Å². The van der Waals surface area contributed by atoms with Gasteiger partial charge in [0.15, 0.2) is 0 Å². The molecule has 2 fully saturated rings. The summed E-state index contributed by atoms with van der Waals surface area (Å²) in [5.74, 6) is 0.0953. The maximum Gasteiger partial charge on any atom is 0.237 e. The third kappa shape index (κ3) is 3.18. The zero-order chi connectivity index (χ0) is 12.4. The van der Waals surface area contributed by atoms with Gasteiger partial charge in [-0.25, -0.2) is 0 Å². The van der Waals surface area contributed by atoms with Crippen molar-refractivity contribution in [2.45, 2.75) is 50.9 Å². The first-order valence-electron chi connectivity index (χ1n) is 6.40. The van der Waals surface area contributed by atoms with E-state index in [-0.39, 0.29) is 30.7 Å². The molecule has 3 atom stereocenters. The van der Waals surface area contributed by atoms with Crippen LogP contribution >= 0.6 is 0 Å². The standard InChI is InChI=1S/C12H22N2O3/c1-8-7-17-11(6-15)5-14(8)9(2)12(16)13-10-3-4-10/h8-11,15H,3-7H2,1-2H3,(H,13,16). The number of aliphatic hydroxyl groups excluding tert-OH is 1. The van der Waals surface area contributed by atoms with E-state index in [1.54, 1.807) is 0 Å².